The Bertz CT molecular complexity index is 230. The fourth-order valence-electron chi connectivity index (χ4n) is 0.413. The van der Waals surface area contributed by atoms with Crippen LogP contribution in [0.15, 0.2) is 24.4 Å². The molecule has 3 heteroatoms. The third-order valence-electron chi connectivity index (χ3n) is 0.789. The average Bonchev–Trinajstić information content (AvgIpc) is 1.77. The number of rotatable bonds is 0. The van der Waals surface area contributed by atoms with Gasteiger partial charge in [0.2, 0.25) is 0 Å². The standard InChI is InChI=1S/C5H4NOSe/c7-6-4-2-1-3-5(6)8/h1-4H/q-1. The summed E-state index contributed by atoms with van der Waals surface area (Å²) in [5.41, 5.74) is 0. The van der Waals surface area contributed by atoms with E-state index in [9.17, 15) is 5.21 Å². The van der Waals surface area contributed by atoms with Crippen LogP contribution in [0.3, 0.4) is 0 Å². The van der Waals surface area contributed by atoms with Gasteiger partial charge in [0.1, 0.15) is 0 Å². The number of hydrogen-bond acceptors (Lipinski definition) is 1. The maximum atomic E-state index is 10.5. The SMILES string of the molecule is [O-]n1ccccc1=[Se]. The molecule has 1 aromatic rings. The molecule has 1 rings (SSSR count). The summed E-state index contributed by atoms with van der Waals surface area (Å²) in [4.78, 5) is 0. The third kappa shape index (κ3) is 0.997. The number of nitrogens with zero attached hydrogens (tertiary/aromatic N) is 1. The van der Waals surface area contributed by atoms with E-state index in [0.29, 0.717) is 4.19 Å². The van der Waals surface area contributed by atoms with Crippen LogP contribution in [0.1, 0.15) is 0 Å². The Labute approximate surface area is 54.7 Å². The Balaban J connectivity index is 3.35. The average molecular weight is 173 g/mol. The van der Waals surface area contributed by atoms with E-state index in [1.165, 1.54) is 6.20 Å². The normalized spacial score (nSPS) is 9.00. The summed E-state index contributed by atoms with van der Waals surface area (Å²) in [5, 5.41) is 10.5. The fourth-order valence-corrected chi connectivity index (χ4v) is 0.705. The van der Waals surface area contributed by atoms with Gasteiger partial charge in [-0.15, -0.1) is 0 Å². The van der Waals surface area contributed by atoms with Gasteiger partial charge in [0.05, 0.1) is 0 Å². The first-order chi connectivity index (χ1) is 3.80. The number of hydrogen-bond donors (Lipinski definition) is 0. The van der Waals surface area contributed by atoms with Gasteiger partial charge < -0.3 is 0 Å². The van der Waals surface area contributed by atoms with Crippen LogP contribution in [0.2, 0.25) is 0 Å². The van der Waals surface area contributed by atoms with Crippen LogP contribution in [-0.2, 0) is 0 Å². The summed E-state index contributed by atoms with van der Waals surface area (Å²) in [6, 6.07) is 5.21. The van der Waals surface area contributed by atoms with Crippen molar-refractivity contribution in [1.29, 1.82) is 0 Å². The summed E-state index contributed by atoms with van der Waals surface area (Å²) in [6.45, 7) is 0. The Morgan fingerprint density at radius 3 is 2.62 bits per heavy atom. The van der Waals surface area contributed by atoms with Crippen LogP contribution >= 0.6 is 0 Å². The first-order valence-electron chi connectivity index (χ1n) is 2.16. The van der Waals surface area contributed by atoms with E-state index in [1.54, 1.807) is 18.2 Å². The quantitative estimate of drug-likeness (QED) is 0.526. The van der Waals surface area contributed by atoms with Crippen LogP contribution < -0.4 is 0 Å². The van der Waals surface area contributed by atoms with Gasteiger partial charge in [-0.2, -0.15) is 0 Å². The van der Waals surface area contributed by atoms with Gasteiger partial charge in [-0.1, -0.05) is 0 Å². The third-order valence-corrected chi connectivity index (χ3v) is 1.45. The van der Waals surface area contributed by atoms with Crippen LogP contribution in [0, 0.1) is 9.40 Å². The van der Waals surface area contributed by atoms with E-state index in [0.717, 1.165) is 4.73 Å². The molecule has 2 nitrogen and oxygen atoms in total. The second-order valence-corrected chi connectivity index (χ2v) is 2.24. The van der Waals surface area contributed by atoms with E-state index >= 15 is 0 Å². The predicted octanol–water partition coefficient (Wildman–Crippen LogP) is 0.534. The summed E-state index contributed by atoms with van der Waals surface area (Å²) < 4.78 is 1.38. The molecule has 0 saturated carbocycles. The molecule has 0 atom stereocenters. The van der Waals surface area contributed by atoms with E-state index in [-0.39, 0.29) is 0 Å². The van der Waals surface area contributed by atoms with Crippen molar-refractivity contribution in [2.24, 2.45) is 0 Å². The van der Waals surface area contributed by atoms with E-state index in [4.69, 9.17) is 0 Å². The van der Waals surface area contributed by atoms with Crippen LogP contribution in [0.4, 0.5) is 0 Å². The number of pyridine rings is 1. The summed E-state index contributed by atoms with van der Waals surface area (Å²) in [7, 11) is 0. The number of aromatic nitrogens is 1. The minimum atomic E-state index is 0.604. The zero-order valence-corrected chi connectivity index (χ0v) is 5.79. The Morgan fingerprint density at radius 2 is 2.25 bits per heavy atom. The molecule has 0 saturated heterocycles. The molecule has 8 heavy (non-hydrogen) atoms. The molecule has 0 bridgehead atoms. The first-order valence-corrected chi connectivity index (χ1v) is 3.01. The topological polar surface area (TPSA) is 28.0 Å². The van der Waals surface area contributed by atoms with Crippen LogP contribution in [0.5, 0.6) is 0 Å². The zero-order valence-electron chi connectivity index (χ0n) is 4.07. The molecular formula is C5H4NOSe-. The van der Waals surface area contributed by atoms with Crippen molar-refractivity contribution in [3.8, 4) is 0 Å². The van der Waals surface area contributed by atoms with E-state index in [2.05, 4.69) is 15.6 Å². The van der Waals surface area contributed by atoms with Crippen LogP contribution in [0.25, 0.3) is 0 Å². The molecule has 0 aliphatic rings. The Hall–Kier alpha value is -0.531. The molecule has 0 unspecified atom stereocenters. The summed E-state index contributed by atoms with van der Waals surface area (Å²) >= 11 is 2.62. The van der Waals surface area contributed by atoms with Crippen molar-refractivity contribution in [3.05, 3.63) is 33.8 Å². The van der Waals surface area contributed by atoms with Gasteiger partial charge >= 0.3 is 54.1 Å². The molecule has 0 aromatic carbocycles. The van der Waals surface area contributed by atoms with Crippen molar-refractivity contribution in [2.45, 2.75) is 0 Å². The molecular weight excluding hydrogens is 169 g/mol. The fraction of sp³-hybridized carbons (Fsp3) is 0. The maximum absolute atomic E-state index is 10.5. The molecule has 0 aliphatic carbocycles. The molecule has 1 heterocycles. The van der Waals surface area contributed by atoms with Crippen molar-refractivity contribution in [3.63, 3.8) is 0 Å². The van der Waals surface area contributed by atoms with Gasteiger partial charge in [-0.25, -0.2) is 0 Å². The summed E-state index contributed by atoms with van der Waals surface area (Å²) in [5.74, 6) is 0. The molecule has 0 N–H and O–H groups in total. The molecule has 0 spiro atoms. The Morgan fingerprint density at radius 1 is 1.50 bits per heavy atom. The molecule has 42 valence electrons. The second-order valence-electron chi connectivity index (χ2n) is 1.36. The minimum absolute atomic E-state index is 0.604. The van der Waals surface area contributed by atoms with E-state index < -0.39 is 0 Å². The molecule has 0 radical (unpaired) electrons. The van der Waals surface area contributed by atoms with Gasteiger partial charge in [-0.3, -0.25) is 0 Å². The van der Waals surface area contributed by atoms with Gasteiger partial charge in [0.15, 0.2) is 0 Å². The second kappa shape index (κ2) is 2.16. The molecule has 1 aromatic heterocycles. The van der Waals surface area contributed by atoms with Crippen molar-refractivity contribution >= 4 is 15.6 Å². The van der Waals surface area contributed by atoms with Crippen molar-refractivity contribution in [1.82, 2.24) is 4.73 Å². The van der Waals surface area contributed by atoms with Gasteiger partial charge in [0, 0.05) is 0 Å². The van der Waals surface area contributed by atoms with Crippen LogP contribution in [-0.4, -0.2) is 20.3 Å². The van der Waals surface area contributed by atoms with E-state index in [1.807, 2.05) is 0 Å². The van der Waals surface area contributed by atoms with Gasteiger partial charge in [0.25, 0.3) is 0 Å². The molecule has 0 fully saturated rings. The summed E-state index contributed by atoms with van der Waals surface area (Å²) in [6.07, 6.45) is 1.45. The molecule has 0 aliphatic heterocycles. The Kier molecular flexibility index (Phi) is 1.51. The zero-order chi connectivity index (χ0) is 5.98. The monoisotopic (exact) mass is 174 g/mol. The first kappa shape index (κ1) is 5.60. The van der Waals surface area contributed by atoms with Crippen molar-refractivity contribution in [2.75, 3.05) is 0 Å². The van der Waals surface area contributed by atoms with Gasteiger partial charge in [-0.05, 0) is 0 Å². The molecule has 0 amide bonds. The predicted molar refractivity (Wildman–Crippen MR) is 32.2 cm³/mol. The van der Waals surface area contributed by atoms with Crippen molar-refractivity contribution < 1.29 is 0 Å².